The van der Waals surface area contributed by atoms with Gasteiger partial charge in [0, 0.05) is 30.7 Å². The smallest absolute Gasteiger partial charge is 0.293 e. The van der Waals surface area contributed by atoms with Gasteiger partial charge in [0.25, 0.3) is 7.41 Å². The second kappa shape index (κ2) is 7.02. The van der Waals surface area contributed by atoms with E-state index in [0.717, 1.165) is 53.6 Å². The van der Waals surface area contributed by atoms with Gasteiger partial charge in [0.05, 0.1) is 17.3 Å². The van der Waals surface area contributed by atoms with Crippen molar-refractivity contribution in [1.29, 1.82) is 0 Å². The zero-order chi connectivity index (χ0) is 17.1. The van der Waals surface area contributed by atoms with Gasteiger partial charge in [-0.2, -0.15) is 0 Å². The molecule has 25 heavy (non-hydrogen) atoms. The van der Waals surface area contributed by atoms with E-state index in [0.29, 0.717) is 6.54 Å². The molecule has 8 heteroatoms. The molecule has 0 aliphatic carbocycles. The van der Waals surface area contributed by atoms with Crippen molar-refractivity contribution in [3.05, 3.63) is 37.1 Å². The van der Waals surface area contributed by atoms with E-state index < -0.39 is 0 Å². The molecule has 0 spiro atoms. The van der Waals surface area contributed by atoms with E-state index >= 15 is 0 Å². The van der Waals surface area contributed by atoms with Crippen molar-refractivity contribution in [3.8, 4) is 17.0 Å². The van der Waals surface area contributed by atoms with E-state index in [9.17, 15) is 4.79 Å². The molecule has 4 rings (SSSR count). The van der Waals surface area contributed by atoms with Gasteiger partial charge >= 0.3 is 0 Å². The zero-order valence-electron chi connectivity index (χ0n) is 13.6. The van der Waals surface area contributed by atoms with Crippen LogP contribution in [0, 0.1) is 0 Å². The maximum atomic E-state index is 10.7. The van der Waals surface area contributed by atoms with E-state index in [1.54, 1.807) is 19.8 Å². The standard InChI is InChI=1S/C17H17BN5O2/c24-10-18-23-7-1-2-12(9-23)25-15-4-6-20-17-16(15)13(8-21-17)14-3-5-19-11-22-14/h3-6,8,10-12H,1-2,7,9H2,(H,20,21)/t12-/m1/s1. The molecule has 7 nitrogen and oxygen atoms in total. The predicted octanol–water partition coefficient (Wildman–Crippen LogP) is 1.67. The minimum Gasteiger partial charge on any atom is -0.488 e. The summed E-state index contributed by atoms with van der Waals surface area (Å²) in [6, 6.07) is 3.74. The van der Waals surface area contributed by atoms with Crippen LogP contribution >= 0.6 is 0 Å². The maximum absolute atomic E-state index is 10.7. The number of aromatic nitrogens is 4. The first-order valence-corrected chi connectivity index (χ1v) is 8.27. The highest BCUT2D eigenvalue weighted by Crippen LogP contribution is 2.34. The van der Waals surface area contributed by atoms with E-state index in [4.69, 9.17) is 4.74 Å². The Bertz CT molecular complexity index is 870. The molecule has 1 N–H and O–H groups in total. The lowest BCUT2D eigenvalue weighted by molar-refractivity contribution is 0.132. The summed E-state index contributed by atoms with van der Waals surface area (Å²) in [5.74, 6) is 0.776. The topological polar surface area (TPSA) is 84.0 Å². The Morgan fingerprint density at radius 2 is 2.28 bits per heavy atom. The van der Waals surface area contributed by atoms with E-state index in [1.807, 2.05) is 23.1 Å². The Kier molecular flexibility index (Phi) is 4.43. The van der Waals surface area contributed by atoms with Crippen molar-refractivity contribution in [2.45, 2.75) is 18.9 Å². The lowest BCUT2D eigenvalue weighted by Gasteiger charge is -2.31. The number of fused-ring (bicyclic) bond motifs is 1. The lowest BCUT2D eigenvalue weighted by atomic mass is 9.90. The molecule has 0 unspecified atom stereocenters. The molecule has 4 heterocycles. The summed E-state index contributed by atoms with van der Waals surface area (Å²) >= 11 is 0. The van der Waals surface area contributed by atoms with Gasteiger partial charge in [0.2, 0.25) is 0 Å². The van der Waals surface area contributed by atoms with Crippen LogP contribution in [0.4, 0.5) is 0 Å². The number of piperidine rings is 1. The Morgan fingerprint density at radius 1 is 1.32 bits per heavy atom. The third-order valence-corrected chi connectivity index (χ3v) is 4.37. The molecule has 1 saturated heterocycles. The Balaban J connectivity index is 1.66. The number of pyridine rings is 1. The van der Waals surface area contributed by atoms with E-state index in [2.05, 4.69) is 19.9 Å². The summed E-state index contributed by atoms with van der Waals surface area (Å²) < 4.78 is 6.28. The van der Waals surface area contributed by atoms with Crippen LogP contribution in [0.3, 0.4) is 0 Å². The summed E-state index contributed by atoms with van der Waals surface area (Å²) in [6.07, 6.45) is 9.67. The quantitative estimate of drug-likeness (QED) is 0.564. The van der Waals surface area contributed by atoms with Crippen molar-refractivity contribution in [2.75, 3.05) is 13.1 Å². The van der Waals surface area contributed by atoms with Gasteiger partial charge in [-0.1, -0.05) is 0 Å². The summed E-state index contributed by atoms with van der Waals surface area (Å²) in [4.78, 5) is 28.6. The molecular weight excluding hydrogens is 317 g/mol. The highest BCUT2D eigenvalue weighted by Gasteiger charge is 2.23. The normalized spacial score (nSPS) is 18.2. The fourth-order valence-electron chi connectivity index (χ4n) is 3.24. The second-order valence-corrected chi connectivity index (χ2v) is 5.99. The average molecular weight is 334 g/mol. The molecule has 1 aliphatic rings. The molecule has 3 aromatic heterocycles. The zero-order valence-corrected chi connectivity index (χ0v) is 13.6. The number of nitrogens with one attached hydrogen (secondary N) is 1. The van der Waals surface area contributed by atoms with Crippen LogP contribution in [0.15, 0.2) is 37.1 Å². The van der Waals surface area contributed by atoms with Crippen molar-refractivity contribution < 1.29 is 9.53 Å². The highest BCUT2D eigenvalue weighted by molar-refractivity contribution is 6.64. The van der Waals surface area contributed by atoms with Crippen LogP contribution in [0.5, 0.6) is 5.75 Å². The number of rotatable bonds is 5. The van der Waals surface area contributed by atoms with Crippen molar-refractivity contribution in [3.63, 3.8) is 0 Å². The Morgan fingerprint density at radius 3 is 3.12 bits per heavy atom. The monoisotopic (exact) mass is 334 g/mol. The van der Waals surface area contributed by atoms with Crippen LogP contribution < -0.4 is 4.74 Å². The minimum absolute atomic E-state index is 0.0312. The van der Waals surface area contributed by atoms with Crippen LogP contribution in [0.25, 0.3) is 22.3 Å². The average Bonchev–Trinajstić information content (AvgIpc) is 3.08. The molecular formula is C17H17BN5O2. The van der Waals surface area contributed by atoms with Crippen LogP contribution in [-0.4, -0.2) is 57.5 Å². The Hall–Kier alpha value is -2.74. The van der Waals surface area contributed by atoms with Gasteiger partial charge in [-0.15, -0.1) is 0 Å². The van der Waals surface area contributed by atoms with Gasteiger partial charge < -0.3 is 19.3 Å². The number of hydrogen-bond acceptors (Lipinski definition) is 6. The molecule has 1 fully saturated rings. The number of H-pyrrole nitrogens is 1. The first-order valence-electron chi connectivity index (χ1n) is 8.27. The SMILES string of the molecule is O=C[B]N1CCC[C@@H](Oc2ccnc3[nH]cc(-c4ccncn4)c23)C1. The van der Waals surface area contributed by atoms with Crippen LogP contribution in [0.2, 0.25) is 0 Å². The number of carbonyl (C=O) groups is 1. The minimum atomic E-state index is 0.0312. The number of hydrogen-bond donors (Lipinski definition) is 1. The first-order chi connectivity index (χ1) is 12.3. The lowest BCUT2D eigenvalue weighted by Crippen LogP contribution is -2.43. The second-order valence-electron chi connectivity index (χ2n) is 5.99. The molecule has 3 aromatic rings. The predicted molar refractivity (Wildman–Crippen MR) is 94.8 cm³/mol. The van der Waals surface area contributed by atoms with Gasteiger partial charge in [-0.05, 0) is 31.5 Å². The molecule has 0 aromatic carbocycles. The van der Waals surface area contributed by atoms with Crippen molar-refractivity contribution >= 4 is 24.6 Å². The third-order valence-electron chi connectivity index (χ3n) is 4.37. The molecule has 125 valence electrons. The fraction of sp³-hybridized carbons (Fsp3) is 0.294. The van der Waals surface area contributed by atoms with Gasteiger partial charge in [0.1, 0.15) is 23.8 Å². The van der Waals surface area contributed by atoms with Gasteiger partial charge in [-0.3, -0.25) is 0 Å². The summed E-state index contributed by atoms with van der Waals surface area (Å²) in [7, 11) is 1.58. The fourth-order valence-corrected chi connectivity index (χ4v) is 3.24. The summed E-state index contributed by atoms with van der Waals surface area (Å²) in [5, 5.41) is 0.915. The molecule has 1 radical (unpaired) electrons. The Labute approximate surface area is 145 Å². The molecule has 0 saturated carbocycles. The van der Waals surface area contributed by atoms with Crippen molar-refractivity contribution in [2.24, 2.45) is 0 Å². The van der Waals surface area contributed by atoms with Crippen LogP contribution in [0.1, 0.15) is 12.8 Å². The first kappa shape index (κ1) is 15.8. The van der Waals surface area contributed by atoms with Gasteiger partial charge in [0.15, 0.2) is 0 Å². The third kappa shape index (κ3) is 3.25. The maximum Gasteiger partial charge on any atom is 0.293 e. The summed E-state index contributed by atoms with van der Waals surface area (Å²) in [6.45, 7) is 1.59. The number of ether oxygens (including phenoxy) is 1. The van der Waals surface area contributed by atoms with Crippen LogP contribution in [-0.2, 0) is 4.79 Å². The molecule has 0 bridgehead atoms. The molecule has 1 aliphatic heterocycles. The highest BCUT2D eigenvalue weighted by atomic mass is 16.5. The number of nitrogens with zero attached hydrogens (tertiary/aromatic N) is 4. The van der Waals surface area contributed by atoms with E-state index in [-0.39, 0.29) is 6.10 Å². The van der Waals surface area contributed by atoms with Crippen molar-refractivity contribution in [1.82, 2.24) is 24.7 Å². The largest absolute Gasteiger partial charge is 0.488 e. The van der Waals surface area contributed by atoms with Gasteiger partial charge in [-0.25, -0.2) is 15.0 Å². The molecule has 1 atom stereocenters. The van der Waals surface area contributed by atoms with E-state index in [1.165, 1.54) is 6.33 Å². The number of carbonyl (C=O) groups excluding carboxylic acids is 1. The summed E-state index contributed by atoms with van der Waals surface area (Å²) in [5.41, 5.74) is 2.52. The molecule has 0 amide bonds. The number of aromatic amines is 1.